The Balaban J connectivity index is 1.74. The quantitative estimate of drug-likeness (QED) is 0.472. The third kappa shape index (κ3) is 6.96. The van der Waals surface area contributed by atoms with Gasteiger partial charge in [0.2, 0.25) is 5.91 Å². The summed E-state index contributed by atoms with van der Waals surface area (Å²) in [5.74, 6) is -2.21. The molecular formula is C31H41N5O6. The summed E-state index contributed by atoms with van der Waals surface area (Å²) >= 11 is 0. The first kappa shape index (κ1) is 31.1. The smallest absolute Gasteiger partial charge is 0.318 e. The Kier molecular flexibility index (Phi) is 9.63. The van der Waals surface area contributed by atoms with Crippen molar-refractivity contribution < 1.29 is 28.7 Å². The van der Waals surface area contributed by atoms with E-state index in [1.54, 1.807) is 39.8 Å². The molecule has 1 aromatic heterocycles. The number of ether oxygens (including phenoxy) is 2. The zero-order valence-electron chi connectivity index (χ0n) is 25.1. The van der Waals surface area contributed by atoms with E-state index < -0.39 is 41.4 Å². The largest absolute Gasteiger partial charge is 0.451 e. The van der Waals surface area contributed by atoms with E-state index in [2.05, 4.69) is 16.1 Å². The van der Waals surface area contributed by atoms with Gasteiger partial charge < -0.3 is 20.1 Å². The van der Waals surface area contributed by atoms with Crippen molar-refractivity contribution >= 4 is 40.7 Å². The van der Waals surface area contributed by atoms with Crippen molar-refractivity contribution in [3.63, 3.8) is 0 Å². The number of amides is 3. The summed E-state index contributed by atoms with van der Waals surface area (Å²) in [6.45, 7) is 9.06. The van der Waals surface area contributed by atoms with E-state index in [1.165, 1.54) is 12.1 Å². The maximum atomic E-state index is 13.5. The number of benzene rings is 1. The molecule has 5 atom stereocenters. The zero-order chi connectivity index (χ0) is 30.6. The molecule has 2 aromatic rings. The van der Waals surface area contributed by atoms with E-state index in [-0.39, 0.29) is 24.5 Å². The van der Waals surface area contributed by atoms with Gasteiger partial charge in [0.25, 0.3) is 11.8 Å². The Morgan fingerprint density at radius 1 is 1.07 bits per heavy atom. The van der Waals surface area contributed by atoms with Gasteiger partial charge in [0.1, 0.15) is 17.5 Å². The molecule has 3 heterocycles. The lowest BCUT2D eigenvalue weighted by Crippen LogP contribution is -2.61. The maximum absolute atomic E-state index is 13.5. The van der Waals surface area contributed by atoms with Crippen molar-refractivity contribution in [2.45, 2.75) is 71.7 Å². The number of hydrogen-bond donors (Lipinski definition) is 3. The highest BCUT2D eigenvalue weighted by Gasteiger charge is 2.38. The predicted molar refractivity (Wildman–Crippen MR) is 158 cm³/mol. The van der Waals surface area contributed by atoms with Crippen molar-refractivity contribution in [1.29, 1.82) is 0 Å². The minimum atomic E-state index is -1.20. The summed E-state index contributed by atoms with van der Waals surface area (Å²) in [7, 11) is 1.49. The van der Waals surface area contributed by atoms with Gasteiger partial charge in [-0.15, -0.1) is 0 Å². The van der Waals surface area contributed by atoms with Crippen LogP contribution >= 0.6 is 0 Å². The lowest BCUT2D eigenvalue weighted by molar-refractivity contribution is -0.168. The van der Waals surface area contributed by atoms with Crippen LogP contribution in [0.4, 0.5) is 0 Å². The highest BCUT2D eigenvalue weighted by Crippen LogP contribution is 2.26. The van der Waals surface area contributed by atoms with E-state index in [0.717, 1.165) is 16.5 Å². The normalized spacial score (nSPS) is 28.8. The van der Waals surface area contributed by atoms with Crippen LogP contribution in [0.1, 0.15) is 64.8 Å². The van der Waals surface area contributed by atoms with Gasteiger partial charge in [-0.25, -0.2) is 5.43 Å². The number of hydrazine groups is 1. The number of nitrogens with zero attached hydrogens (tertiary/aromatic N) is 2. The summed E-state index contributed by atoms with van der Waals surface area (Å²) in [4.78, 5) is 58.0. The van der Waals surface area contributed by atoms with Gasteiger partial charge >= 0.3 is 5.97 Å². The second-order valence-corrected chi connectivity index (χ2v) is 11.7. The maximum Gasteiger partial charge on any atom is 0.318 e. The van der Waals surface area contributed by atoms with Gasteiger partial charge in [-0.2, -0.15) is 0 Å². The third-order valence-electron chi connectivity index (χ3n) is 7.69. The van der Waals surface area contributed by atoms with E-state index in [4.69, 9.17) is 14.5 Å². The number of methoxy groups -OCH3 is 1. The number of hydrogen-bond acceptors (Lipinski definition) is 8. The molecule has 42 heavy (non-hydrogen) atoms. The number of pyridine rings is 1. The first-order valence-electron chi connectivity index (χ1n) is 14.4. The molecule has 5 bridgehead atoms. The average molecular weight is 580 g/mol. The summed E-state index contributed by atoms with van der Waals surface area (Å²) < 4.78 is 11.1. The summed E-state index contributed by atoms with van der Waals surface area (Å²) in [6.07, 6.45) is 3.53. The van der Waals surface area contributed by atoms with Gasteiger partial charge in [0.15, 0.2) is 6.10 Å². The number of rotatable bonds is 3. The highest BCUT2D eigenvalue weighted by molar-refractivity contribution is 5.91. The summed E-state index contributed by atoms with van der Waals surface area (Å²) in [6, 6.07) is 7.67. The number of nitrogens with one attached hydrogen (secondary N) is 3. The molecule has 1 aromatic carbocycles. The molecule has 3 amide bonds. The van der Waals surface area contributed by atoms with Gasteiger partial charge in [-0.3, -0.25) is 29.2 Å². The molecule has 226 valence electrons. The number of carbonyl (C=O) groups excluding carboxylic acids is 4. The van der Waals surface area contributed by atoms with E-state index in [9.17, 15) is 19.2 Å². The number of fused-ring (bicyclic) bond motifs is 4. The van der Waals surface area contributed by atoms with Gasteiger partial charge in [0.05, 0.1) is 23.9 Å². The van der Waals surface area contributed by atoms with Crippen LogP contribution < -0.4 is 16.1 Å². The molecule has 11 nitrogen and oxygen atoms in total. The first-order chi connectivity index (χ1) is 19.9. The second kappa shape index (κ2) is 13.0. The molecule has 3 N–H and O–H groups in total. The van der Waals surface area contributed by atoms with Crippen molar-refractivity contribution in [3.8, 4) is 0 Å². The van der Waals surface area contributed by atoms with Crippen LogP contribution in [-0.2, 0) is 28.7 Å². The van der Waals surface area contributed by atoms with Crippen LogP contribution in [0.15, 0.2) is 36.4 Å². The highest BCUT2D eigenvalue weighted by atomic mass is 16.6. The van der Waals surface area contributed by atoms with E-state index in [1.807, 2.05) is 37.3 Å². The van der Waals surface area contributed by atoms with Crippen LogP contribution in [0.5, 0.6) is 0 Å². The van der Waals surface area contributed by atoms with Crippen LogP contribution in [-0.4, -0.2) is 72.1 Å². The first-order valence-corrected chi connectivity index (χ1v) is 14.4. The number of carbonyl (C=O) groups is 4. The molecule has 1 fully saturated rings. The molecule has 0 spiro atoms. The molecule has 2 aliphatic rings. The van der Waals surface area contributed by atoms with E-state index in [0.29, 0.717) is 25.1 Å². The molecule has 4 rings (SSSR count). The fourth-order valence-electron chi connectivity index (χ4n) is 5.11. The summed E-state index contributed by atoms with van der Waals surface area (Å²) in [5, 5.41) is 8.01. The Bertz CT molecular complexity index is 1380. The third-order valence-corrected chi connectivity index (χ3v) is 7.69. The number of aromatic nitrogens is 1. The predicted octanol–water partition coefficient (Wildman–Crippen LogP) is 2.66. The summed E-state index contributed by atoms with van der Waals surface area (Å²) in [5.41, 5.74) is 4.05. The molecule has 0 unspecified atom stereocenters. The Morgan fingerprint density at radius 3 is 2.50 bits per heavy atom. The van der Waals surface area contributed by atoms with Gasteiger partial charge in [-0.05, 0) is 57.2 Å². The van der Waals surface area contributed by atoms with Crippen molar-refractivity contribution in [2.24, 2.45) is 11.3 Å². The van der Waals surface area contributed by atoms with Crippen LogP contribution in [0.2, 0.25) is 0 Å². The average Bonchev–Trinajstić information content (AvgIpc) is 2.97. The Labute approximate surface area is 246 Å². The Morgan fingerprint density at radius 2 is 1.79 bits per heavy atom. The minimum absolute atomic E-state index is 0.0264. The van der Waals surface area contributed by atoms with Crippen molar-refractivity contribution in [2.75, 3.05) is 20.3 Å². The lowest BCUT2D eigenvalue weighted by Gasteiger charge is -2.35. The molecule has 0 saturated carbocycles. The molecule has 1 saturated heterocycles. The van der Waals surface area contributed by atoms with Crippen molar-refractivity contribution in [1.82, 2.24) is 26.1 Å². The van der Waals surface area contributed by atoms with Crippen LogP contribution in [0.25, 0.3) is 17.0 Å². The fourth-order valence-corrected chi connectivity index (χ4v) is 5.11. The van der Waals surface area contributed by atoms with Gasteiger partial charge in [-0.1, -0.05) is 44.2 Å². The van der Waals surface area contributed by atoms with E-state index >= 15 is 0 Å². The van der Waals surface area contributed by atoms with Crippen molar-refractivity contribution in [3.05, 3.63) is 47.7 Å². The monoisotopic (exact) mass is 579 g/mol. The SMILES string of the molecule is COC[C@]1(C)/C=C/c2ccc3ccc(nc3c2)[C@@H](C)NC(=O)[C@@H]2CCCN(N2)C(=O)[C@H](C)NC(=O)[C@H](C(C)C)OC1=O. The standard InChI is InChI=1S/C31H41N5O6/c1-18(2)26-28(38)33-20(4)29(39)36-15-7-8-24(35-36)27(37)32-19(3)23-12-11-22-10-9-21(16-25(22)34-23)13-14-31(5,17-41-6)30(40)42-26/h9-14,16,18-20,24,26,35H,7-8,15,17H2,1-6H3,(H,32,37)(H,33,38)/b14-13+/t19-,20+,24+,26+,31+/m1/s1. The second-order valence-electron chi connectivity index (χ2n) is 11.7. The molecule has 2 aliphatic heterocycles. The number of cyclic esters (lactones) is 1. The molecule has 11 heteroatoms. The van der Waals surface area contributed by atoms with Crippen LogP contribution in [0.3, 0.4) is 0 Å². The minimum Gasteiger partial charge on any atom is -0.451 e. The molecule has 0 aliphatic carbocycles. The lowest BCUT2D eigenvalue weighted by atomic mass is 9.90. The Hall–Kier alpha value is -3.83. The fraction of sp³-hybridized carbons (Fsp3) is 0.516. The number of esters is 1. The molecular weight excluding hydrogens is 538 g/mol. The topological polar surface area (TPSA) is 139 Å². The van der Waals surface area contributed by atoms with Crippen LogP contribution in [0, 0.1) is 11.3 Å². The van der Waals surface area contributed by atoms with Gasteiger partial charge in [0, 0.05) is 19.0 Å². The zero-order valence-corrected chi connectivity index (χ0v) is 25.1. The molecule has 0 radical (unpaired) electrons.